The molecule has 1 aromatic heterocycles. The van der Waals surface area contributed by atoms with E-state index in [2.05, 4.69) is 26.4 Å². The second kappa shape index (κ2) is 11.4. The van der Waals surface area contributed by atoms with Crippen molar-refractivity contribution < 1.29 is 27.5 Å². The normalized spacial score (nSPS) is 13.5. The number of urea groups is 1. The Bertz CT molecular complexity index is 1520. The molecule has 3 aromatic rings. The highest BCUT2D eigenvalue weighted by Gasteiger charge is 2.35. The van der Waals surface area contributed by atoms with Gasteiger partial charge >= 0.3 is 12.2 Å². The van der Waals surface area contributed by atoms with Crippen molar-refractivity contribution >= 4 is 23.4 Å². The zero-order valence-electron chi connectivity index (χ0n) is 23.2. The van der Waals surface area contributed by atoms with Crippen molar-refractivity contribution in [1.82, 2.24) is 20.4 Å². The van der Waals surface area contributed by atoms with Crippen LogP contribution in [0.4, 0.5) is 29.5 Å². The Morgan fingerprint density at radius 2 is 1.73 bits per heavy atom. The van der Waals surface area contributed by atoms with Crippen molar-refractivity contribution in [2.75, 3.05) is 24.2 Å². The Morgan fingerprint density at radius 1 is 1.02 bits per heavy atom. The Hall–Kier alpha value is -4.74. The van der Waals surface area contributed by atoms with Crippen LogP contribution in [0.1, 0.15) is 37.6 Å². The van der Waals surface area contributed by atoms with Gasteiger partial charge in [0.25, 0.3) is 5.91 Å². The first kappa shape index (κ1) is 29.2. The van der Waals surface area contributed by atoms with E-state index in [0.717, 1.165) is 17.7 Å². The number of carbonyl (C=O) groups excluding carboxylic acids is 2. The second-order valence-corrected chi connectivity index (χ2v) is 10.4. The molecule has 0 saturated heterocycles. The first-order valence-corrected chi connectivity index (χ1v) is 12.8. The summed E-state index contributed by atoms with van der Waals surface area (Å²) in [5.41, 5.74) is 0.721. The fourth-order valence-electron chi connectivity index (χ4n) is 3.92. The average molecular weight is 569 g/mol. The van der Waals surface area contributed by atoms with E-state index in [0.29, 0.717) is 17.2 Å². The van der Waals surface area contributed by atoms with Gasteiger partial charge in [0, 0.05) is 31.1 Å². The second-order valence-electron chi connectivity index (χ2n) is 10.4. The fraction of sp³-hybridized carbons (Fsp3) is 0.276. The van der Waals surface area contributed by atoms with Gasteiger partial charge in [-0.05, 0) is 43.3 Å². The molecule has 1 aliphatic rings. The molecule has 0 unspecified atom stereocenters. The maximum atomic E-state index is 14.0. The standard InChI is InChI=1S/C29H31F3N6O3/c1-17-6-8-18(9-7-17)38-25(16-24(37-38)28(2,3)4)36-27(40)35-22-11-10-19(14-21(22)29(30,31)32)41-20-12-13-34-23(15-20)26(39)33-5/h6-12,14-16,34H,13H2,1-5H3,(H,33,39)(H2,35,36,40). The molecule has 4 rings (SSSR count). The number of likely N-dealkylation sites (N-methyl/N-ethyl adjacent to an activating group) is 1. The third-order valence-corrected chi connectivity index (χ3v) is 6.13. The smallest absolute Gasteiger partial charge is 0.418 e. The van der Waals surface area contributed by atoms with Crippen molar-refractivity contribution in [2.24, 2.45) is 0 Å². The number of nitrogens with one attached hydrogen (secondary N) is 4. The van der Waals surface area contributed by atoms with Crippen LogP contribution in [0.5, 0.6) is 5.75 Å². The molecule has 4 N–H and O–H groups in total. The molecule has 3 amide bonds. The molecule has 1 aliphatic heterocycles. The van der Waals surface area contributed by atoms with Crippen molar-refractivity contribution in [1.29, 1.82) is 0 Å². The monoisotopic (exact) mass is 568 g/mol. The van der Waals surface area contributed by atoms with Gasteiger partial charge in [-0.15, -0.1) is 0 Å². The topological polar surface area (TPSA) is 109 Å². The molecule has 2 aromatic carbocycles. The molecule has 0 spiro atoms. The van der Waals surface area contributed by atoms with E-state index in [4.69, 9.17) is 4.74 Å². The number of nitrogens with zero attached hydrogens (tertiary/aromatic N) is 2. The largest absolute Gasteiger partial charge is 0.458 e. The molecule has 12 heteroatoms. The van der Waals surface area contributed by atoms with Gasteiger partial charge in [-0.3, -0.25) is 10.1 Å². The summed E-state index contributed by atoms with van der Waals surface area (Å²) in [7, 11) is 1.46. The maximum Gasteiger partial charge on any atom is 0.418 e. The molecule has 0 atom stereocenters. The first-order valence-electron chi connectivity index (χ1n) is 12.8. The summed E-state index contributed by atoms with van der Waals surface area (Å²) in [5.74, 6) is -0.00965. The SMILES string of the molecule is CNC(=O)C1=CC(Oc2ccc(NC(=O)Nc3cc(C(C)(C)C)nn3-c3ccc(C)cc3)c(C(F)(F)F)c2)=CCN1. The number of aromatic nitrogens is 2. The van der Waals surface area contributed by atoms with Gasteiger partial charge in [0.2, 0.25) is 0 Å². The Labute approximate surface area is 235 Å². The summed E-state index contributed by atoms with van der Waals surface area (Å²) in [6, 6.07) is 11.5. The number of dihydropyridines is 1. The van der Waals surface area contributed by atoms with E-state index in [-0.39, 0.29) is 35.1 Å². The predicted molar refractivity (Wildman–Crippen MR) is 150 cm³/mol. The van der Waals surface area contributed by atoms with Crippen LogP contribution >= 0.6 is 0 Å². The number of allylic oxidation sites excluding steroid dienone is 1. The van der Waals surface area contributed by atoms with Crippen molar-refractivity contribution in [2.45, 2.75) is 39.3 Å². The highest BCUT2D eigenvalue weighted by atomic mass is 19.4. The highest BCUT2D eigenvalue weighted by molar-refractivity contribution is 6.00. The predicted octanol–water partition coefficient (Wildman–Crippen LogP) is 5.64. The number of carbonyl (C=O) groups is 2. The molecule has 0 saturated carbocycles. The summed E-state index contributed by atoms with van der Waals surface area (Å²) in [6.45, 7) is 8.10. The lowest BCUT2D eigenvalue weighted by atomic mass is 9.92. The van der Waals surface area contributed by atoms with Crippen LogP contribution in [0.2, 0.25) is 0 Å². The van der Waals surface area contributed by atoms with Crippen LogP contribution in [0.25, 0.3) is 5.69 Å². The van der Waals surface area contributed by atoms with E-state index in [1.165, 1.54) is 23.9 Å². The van der Waals surface area contributed by atoms with Crippen LogP contribution in [-0.4, -0.2) is 35.3 Å². The van der Waals surface area contributed by atoms with Crippen LogP contribution < -0.4 is 26.0 Å². The number of hydrogen-bond acceptors (Lipinski definition) is 5. The van der Waals surface area contributed by atoms with Gasteiger partial charge < -0.3 is 20.7 Å². The summed E-state index contributed by atoms with van der Waals surface area (Å²) >= 11 is 0. The maximum absolute atomic E-state index is 14.0. The van der Waals surface area contributed by atoms with E-state index >= 15 is 0 Å². The Balaban J connectivity index is 1.58. The van der Waals surface area contributed by atoms with E-state index in [9.17, 15) is 22.8 Å². The van der Waals surface area contributed by atoms with Gasteiger partial charge in [-0.25, -0.2) is 9.48 Å². The molecule has 9 nitrogen and oxygen atoms in total. The minimum Gasteiger partial charge on any atom is -0.458 e. The zero-order valence-corrected chi connectivity index (χ0v) is 23.2. The number of alkyl halides is 3. The van der Waals surface area contributed by atoms with Gasteiger partial charge in [-0.2, -0.15) is 18.3 Å². The number of ether oxygens (including phenoxy) is 1. The molecular formula is C29H31F3N6O3. The molecule has 41 heavy (non-hydrogen) atoms. The van der Waals surface area contributed by atoms with Gasteiger partial charge in [-0.1, -0.05) is 38.5 Å². The molecular weight excluding hydrogens is 537 g/mol. The Morgan fingerprint density at radius 3 is 2.37 bits per heavy atom. The molecule has 216 valence electrons. The summed E-state index contributed by atoms with van der Waals surface area (Å²) in [5, 5.41) is 14.9. The third-order valence-electron chi connectivity index (χ3n) is 6.13. The number of amides is 3. The number of halogens is 3. The van der Waals surface area contributed by atoms with E-state index in [1.54, 1.807) is 12.1 Å². The molecule has 0 bridgehead atoms. The summed E-state index contributed by atoms with van der Waals surface area (Å²) < 4.78 is 49.2. The summed E-state index contributed by atoms with van der Waals surface area (Å²) in [4.78, 5) is 24.8. The minimum atomic E-state index is -4.79. The lowest BCUT2D eigenvalue weighted by molar-refractivity contribution is -0.137. The number of rotatable bonds is 6. The molecule has 0 aliphatic carbocycles. The number of benzene rings is 2. The van der Waals surface area contributed by atoms with Gasteiger partial charge in [0.05, 0.1) is 22.6 Å². The van der Waals surface area contributed by atoms with E-state index in [1.807, 2.05) is 52.0 Å². The van der Waals surface area contributed by atoms with Crippen molar-refractivity contribution in [3.63, 3.8) is 0 Å². The molecule has 0 fully saturated rings. The minimum absolute atomic E-state index is 0.115. The van der Waals surface area contributed by atoms with Crippen LogP contribution in [-0.2, 0) is 16.4 Å². The van der Waals surface area contributed by atoms with Gasteiger partial charge in [0.15, 0.2) is 0 Å². The van der Waals surface area contributed by atoms with Crippen molar-refractivity contribution in [3.8, 4) is 11.4 Å². The first-order chi connectivity index (χ1) is 19.2. The zero-order chi connectivity index (χ0) is 29.9. The fourth-order valence-corrected chi connectivity index (χ4v) is 3.92. The average Bonchev–Trinajstić information content (AvgIpc) is 3.33. The van der Waals surface area contributed by atoms with Crippen LogP contribution in [0, 0.1) is 6.92 Å². The summed E-state index contributed by atoms with van der Waals surface area (Å²) in [6.07, 6.45) is -1.82. The third kappa shape index (κ3) is 7.07. The molecule has 0 radical (unpaired) electrons. The van der Waals surface area contributed by atoms with Gasteiger partial charge in [0.1, 0.15) is 23.0 Å². The number of aryl methyl sites for hydroxylation is 1. The quantitative estimate of drug-likeness (QED) is 0.308. The lowest BCUT2D eigenvalue weighted by Crippen LogP contribution is -2.31. The number of hydrogen-bond donors (Lipinski definition) is 4. The van der Waals surface area contributed by atoms with Crippen LogP contribution in [0.3, 0.4) is 0 Å². The van der Waals surface area contributed by atoms with E-state index < -0.39 is 23.5 Å². The Kier molecular flexibility index (Phi) is 8.13. The van der Waals surface area contributed by atoms with Crippen molar-refractivity contribution in [3.05, 3.63) is 89.0 Å². The highest BCUT2D eigenvalue weighted by Crippen LogP contribution is 2.38. The van der Waals surface area contributed by atoms with Crippen LogP contribution in [0.15, 0.2) is 72.1 Å². The number of anilines is 2. The molecule has 2 heterocycles. The lowest BCUT2D eigenvalue weighted by Gasteiger charge is -2.18.